The van der Waals surface area contributed by atoms with E-state index in [1.165, 1.54) is 0 Å². The first-order valence-corrected chi connectivity index (χ1v) is 12.4. The first kappa shape index (κ1) is 26.3. The van der Waals surface area contributed by atoms with Gasteiger partial charge < -0.3 is 14.9 Å². The molecule has 0 aliphatic carbocycles. The van der Waals surface area contributed by atoms with Gasteiger partial charge in [0.25, 0.3) is 0 Å². The minimum atomic E-state index is -0.836. The van der Waals surface area contributed by atoms with Crippen LogP contribution < -0.4 is 10.3 Å². The zero-order valence-electron chi connectivity index (χ0n) is 21.4. The van der Waals surface area contributed by atoms with E-state index in [9.17, 15) is 14.7 Å². The molecule has 3 N–H and O–H groups in total. The summed E-state index contributed by atoms with van der Waals surface area (Å²) in [6.07, 6.45) is 1.93. The van der Waals surface area contributed by atoms with Crippen LogP contribution in [0.25, 0.3) is 0 Å². The Labute approximate surface area is 216 Å². The Morgan fingerprint density at radius 2 is 1.95 bits per heavy atom. The lowest BCUT2D eigenvalue weighted by atomic mass is 9.88. The molecule has 0 aromatic heterocycles. The van der Waals surface area contributed by atoms with Gasteiger partial charge in [-0.05, 0) is 80.6 Å². The summed E-state index contributed by atoms with van der Waals surface area (Å²) in [4.78, 5) is 32.2. The van der Waals surface area contributed by atoms with Gasteiger partial charge in [-0.1, -0.05) is 18.2 Å². The van der Waals surface area contributed by atoms with Gasteiger partial charge in [0, 0.05) is 13.5 Å². The third-order valence-corrected chi connectivity index (χ3v) is 6.90. The number of aryl methyl sites for hydroxylation is 2. The van der Waals surface area contributed by atoms with Crippen molar-refractivity contribution in [3.05, 3.63) is 53.1 Å². The third kappa shape index (κ3) is 5.98. The maximum absolute atomic E-state index is 13.3. The molecule has 0 bridgehead atoms. The Hall–Kier alpha value is -3.76. The highest BCUT2D eigenvalue weighted by Gasteiger charge is 2.33. The van der Waals surface area contributed by atoms with Crippen LogP contribution in [0.5, 0.6) is 5.75 Å². The van der Waals surface area contributed by atoms with Crippen LogP contribution in [0.1, 0.15) is 41.9 Å². The van der Waals surface area contributed by atoms with Gasteiger partial charge in [0.1, 0.15) is 11.6 Å². The standard InChI is InChI=1S/C27H33N5O5/c1-17-7-8-20(15-18(17)2)32-23(11-14-37-3)28-26(27(32)36)30-29-22-6-4-5-21(25(22)35)19-9-12-31(13-10-19)16-24(33)34/h4-8,15,19,29,35H,9-14,16H2,1-3H3,(H,33,34)/b30-26+. The molecule has 0 atom stereocenters. The first-order chi connectivity index (χ1) is 17.8. The molecule has 10 nitrogen and oxygen atoms in total. The molecule has 37 heavy (non-hydrogen) atoms. The van der Waals surface area contributed by atoms with Crippen LogP contribution in [0.3, 0.4) is 0 Å². The van der Waals surface area contributed by atoms with Gasteiger partial charge in [-0.2, -0.15) is 0 Å². The van der Waals surface area contributed by atoms with Crippen molar-refractivity contribution in [3.8, 4) is 5.75 Å². The number of para-hydroxylation sites is 1. The average molecular weight is 508 g/mol. The zero-order chi connectivity index (χ0) is 26.5. The number of aliphatic carboxylic acids is 1. The van der Waals surface area contributed by atoms with E-state index in [2.05, 4.69) is 15.5 Å². The van der Waals surface area contributed by atoms with E-state index in [1.54, 1.807) is 18.1 Å². The molecule has 2 aliphatic heterocycles. The van der Waals surface area contributed by atoms with E-state index in [1.807, 2.05) is 49.1 Å². The molecule has 1 fully saturated rings. The SMILES string of the molecule is COCCC1=N/C(=N/Nc2cccc(C3CCN(CC(=O)O)CC3)c2O)C(=O)N1c1ccc(C)c(C)c1. The number of rotatable bonds is 9. The van der Waals surface area contributed by atoms with Crippen LogP contribution in [0.4, 0.5) is 11.4 Å². The minimum Gasteiger partial charge on any atom is -0.505 e. The van der Waals surface area contributed by atoms with Gasteiger partial charge in [0.15, 0.2) is 0 Å². The van der Waals surface area contributed by atoms with Gasteiger partial charge in [0.2, 0.25) is 5.84 Å². The van der Waals surface area contributed by atoms with Crippen molar-refractivity contribution >= 4 is 34.9 Å². The molecule has 0 unspecified atom stereocenters. The number of aromatic hydroxyl groups is 1. The summed E-state index contributed by atoms with van der Waals surface area (Å²) in [6.45, 7) is 5.74. The van der Waals surface area contributed by atoms with Crippen molar-refractivity contribution in [1.82, 2.24) is 4.90 Å². The predicted octanol–water partition coefficient (Wildman–Crippen LogP) is 3.48. The number of nitrogens with one attached hydrogen (secondary N) is 1. The lowest BCUT2D eigenvalue weighted by Crippen LogP contribution is -2.36. The molecule has 4 rings (SSSR count). The van der Waals surface area contributed by atoms with Crippen LogP contribution in [0.2, 0.25) is 0 Å². The maximum atomic E-state index is 13.3. The number of carboxylic acids is 1. The fraction of sp³-hybridized carbons (Fsp3) is 0.407. The van der Waals surface area contributed by atoms with Crippen LogP contribution >= 0.6 is 0 Å². The van der Waals surface area contributed by atoms with E-state index >= 15 is 0 Å². The number of ether oxygens (including phenoxy) is 1. The zero-order valence-corrected chi connectivity index (χ0v) is 21.4. The quantitative estimate of drug-likeness (QED) is 0.350. The number of benzene rings is 2. The number of carbonyl (C=O) groups excluding carboxylic acids is 1. The predicted molar refractivity (Wildman–Crippen MR) is 143 cm³/mol. The lowest BCUT2D eigenvalue weighted by molar-refractivity contribution is -0.138. The fourth-order valence-electron chi connectivity index (χ4n) is 4.69. The smallest absolute Gasteiger partial charge is 0.317 e. The summed E-state index contributed by atoms with van der Waals surface area (Å²) < 4.78 is 5.20. The highest BCUT2D eigenvalue weighted by molar-refractivity contribution is 6.54. The Balaban J connectivity index is 1.52. The van der Waals surface area contributed by atoms with Crippen LogP contribution in [-0.4, -0.2) is 72.0 Å². The van der Waals surface area contributed by atoms with E-state index in [0.717, 1.165) is 29.5 Å². The number of aliphatic imine (C=N–C) groups is 1. The lowest BCUT2D eigenvalue weighted by Gasteiger charge is -2.31. The number of anilines is 2. The summed E-state index contributed by atoms with van der Waals surface area (Å²) in [6, 6.07) is 11.2. The number of hydrogen-bond acceptors (Lipinski definition) is 7. The second-order valence-electron chi connectivity index (χ2n) is 9.41. The van der Waals surface area contributed by atoms with E-state index in [4.69, 9.17) is 9.84 Å². The topological polar surface area (TPSA) is 127 Å². The van der Waals surface area contributed by atoms with Crippen molar-refractivity contribution in [3.63, 3.8) is 0 Å². The number of hydrazone groups is 1. The minimum absolute atomic E-state index is 0.00360. The summed E-state index contributed by atoms with van der Waals surface area (Å²) in [5, 5.41) is 24.2. The molecule has 2 aromatic carbocycles. The summed E-state index contributed by atoms with van der Waals surface area (Å²) >= 11 is 0. The highest BCUT2D eigenvalue weighted by Crippen LogP contribution is 2.38. The fourth-order valence-corrected chi connectivity index (χ4v) is 4.69. The van der Waals surface area contributed by atoms with Crippen molar-refractivity contribution in [2.45, 2.75) is 39.0 Å². The maximum Gasteiger partial charge on any atom is 0.317 e. The first-order valence-electron chi connectivity index (χ1n) is 12.4. The molecular weight excluding hydrogens is 474 g/mol. The van der Waals surface area contributed by atoms with Gasteiger partial charge in [-0.3, -0.25) is 24.8 Å². The van der Waals surface area contributed by atoms with Crippen molar-refractivity contribution < 1.29 is 24.5 Å². The number of piperidine rings is 1. The molecule has 2 aliphatic rings. The number of phenols is 1. The molecule has 10 heteroatoms. The number of likely N-dealkylation sites (tertiary alicyclic amines) is 1. The van der Waals surface area contributed by atoms with E-state index in [0.29, 0.717) is 43.3 Å². The largest absolute Gasteiger partial charge is 0.505 e. The average Bonchev–Trinajstić information content (AvgIpc) is 3.19. The number of carbonyl (C=O) groups is 2. The van der Waals surface area contributed by atoms with Gasteiger partial charge in [0.05, 0.1) is 24.5 Å². The Kier molecular flexibility index (Phi) is 8.20. The molecule has 2 aromatic rings. The molecule has 2 heterocycles. The normalized spacial score (nSPS) is 17.9. The highest BCUT2D eigenvalue weighted by atomic mass is 16.5. The third-order valence-electron chi connectivity index (χ3n) is 6.90. The number of nitrogens with zero attached hydrogens (tertiary/aromatic N) is 4. The number of amides is 1. The number of hydrogen-bond donors (Lipinski definition) is 3. The number of carboxylic acid groups (broad SMARTS) is 1. The molecule has 0 saturated carbocycles. The molecule has 1 amide bonds. The Morgan fingerprint density at radius 3 is 2.62 bits per heavy atom. The van der Waals surface area contributed by atoms with Crippen molar-refractivity contribution in [1.29, 1.82) is 0 Å². The molecule has 196 valence electrons. The molecule has 1 saturated heterocycles. The second-order valence-corrected chi connectivity index (χ2v) is 9.41. The van der Waals surface area contributed by atoms with Crippen LogP contribution in [0, 0.1) is 13.8 Å². The Bertz CT molecular complexity index is 1230. The van der Waals surface area contributed by atoms with Gasteiger partial charge in [-0.25, -0.2) is 4.99 Å². The molecular formula is C27H33N5O5. The van der Waals surface area contributed by atoms with Crippen LogP contribution in [-0.2, 0) is 14.3 Å². The van der Waals surface area contributed by atoms with E-state index in [-0.39, 0.29) is 30.0 Å². The van der Waals surface area contributed by atoms with Crippen molar-refractivity contribution in [2.75, 3.05) is 43.7 Å². The summed E-state index contributed by atoms with van der Waals surface area (Å²) in [5.41, 5.74) is 6.90. The van der Waals surface area contributed by atoms with Gasteiger partial charge in [-0.15, -0.1) is 5.10 Å². The molecule has 0 spiro atoms. The number of phenolic OH excluding ortho intramolecular Hbond substituents is 1. The summed E-state index contributed by atoms with van der Waals surface area (Å²) in [7, 11) is 1.60. The van der Waals surface area contributed by atoms with Crippen LogP contribution in [0.15, 0.2) is 46.5 Å². The monoisotopic (exact) mass is 507 g/mol. The second kappa shape index (κ2) is 11.5. The van der Waals surface area contributed by atoms with E-state index < -0.39 is 5.97 Å². The van der Waals surface area contributed by atoms with Gasteiger partial charge >= 0.3 is 11.9 Å². The van der Waals surface area contributed by atoms with Crippen molar-refractivity contribution in [2.24, 2.45) is 10.1 Å². The number of amidine groups is 2. The number of methoxy groups -OCH3 is 1. The Morgan fingerprint density at radius 1 is 1.19 bits per heavy atom. The summed E-state index contributed by atoms with van der Waals surface area (Å²) in [5.74, 6) is -0.478. The molecule has 0 radical (unpaired) electrons.